The van der Waals surface area contributed by atoms with E-state index in [-0.39, 0.29) is 0 Å². The molecule has 0 spiro atoms. The van der Waals surface area contributed by atoms with Crippen LogP contribution >= 0.6 is 0 Å². The Hall–Kier alpha value is -1.06. The van der Waals surface area contributed by atoms with Gasteiger partial charge in [-0.2, -0.15) is 0 Å². The molecular weight excluding hydrogens is 236 g/mol. The Morgan fingerprint density at radius 1 is 1.26 bits per heavy atom. The van der Waals surface area contributed by atoms with Crippen molar-refractivity contribution in [2.45, 2.75) is 38.8 Å². The minimum absolute atomic E-state index is 0.403. The lowest BCUT2D eigenvalue weighted by Gasteiger charge is -2.28. The van der Waals surface area contributed by atoms with Crippen molar-refractivity contribution >= 4 is 5.69 Å². The average Bonchev–Trinajstić information content (AvgIpc) is 2.46. The van der Waals surface area contributed by atoms with Crippen LogP contribution in [0.25, 0.3) is 0 Å². The third kappa shape index (κ3) is 4.51. The molecule has 0 amide bonds. The van der Waals surface area contributed by atoms with Gasteiger partial charge in [0.2, 0.25) is 0 Å². The normalized spacial score (nSPS) is 19.4. The lowest BCUT2D eigenvalue weighted by molar-refractivity contribution is 0.0216. The van der Waals surface area contributed by atoms with Crippen LogP contribution in [-0.4, -0.2) is 32.8 Å². The van der Waals surface area contributed by atoms with Crippen LogP contribution in [0.2, 0.25) is 0 Å². The average molecular weight is 262 g/mol. The molecule has 1 unspecified atom stereocenters. The predicted octanol–water partition coefficient (Wildman–Crippen LogP) is 2.80. The molecule has 0 aromatic heterocycles. The molecule has 106 valence electrons. The Kier molecular flexibility index (Phi) is 5.67. The number of nitrogens with zero attached hydrogens (tertiary/aromatic N) is 1. The molecule has 2 rings (SSSR count). The van der Waals surface area contributed by atoms with Gasteiger partial charge < -0.3 is 15.0 Å². The van der Waals surface area contributed by atoms with Gasteiger partial charge in [0.1, 0.15) is 0 Å². The third-order valence-electron chi connectivity index (χ3n) is 3.71. The van der Waals surface area contributed by atoms with E-state index in [1.807, 2.05) is 0 Å². The molecule has 1 fully saturated rings. The van der Waals surface area contributed by atoms with Crippen LogP contribution in [0.1, 0.15) is 31.7 Å². The van der Waals surface area contributed by atoms with Crippen molar-refractivity contribution in [3.05, 3.63) is 29.8 Å². The first-order valence-corrected chi connectivity index (χ1v) is 7.42. The van der Waals surface area contributed by atoms with Crippen molar-refractivity contribution in [3.8, 4) is 0 Å². The van der Waals surface area contributed by atoms with E-state index < -0.39 is 0 Å². The third-order valence-corrected chi connectivity index (χ3v) is 3.71. The number of rotatable bonds is 6. The van der Waals surface area contributed by atoms with Gasteiger partial charge in [-0.1, -0.05) is 19.1 Å². The van der Waals surface area contributed by atoms with Crippen LogP contribution in [0.15, 0.2) is 24.3 Å². The monoisotopic (exact) mass is 262 g/mol. The molecule has 1 atom stereocenters. The number of hydrogen-bond donors (Lipinski definition) is 1. The maximum atomic E-state index is 5.80. The van der Waals surface area contributed by atoms with Crippen LogP contribution < -0.4 is 10.2 Å². The molecule has 1 aliphatic rings. The van der Waals surface area contributed by atoms with Gasteiger partial charge in [-0.05, 0) is 43.5 Å². The van der Waals surface area contributed by atoms with E-state index in [9.17, 15) is 0 Å². The fraction of sp³-hybridized carbons (Fsp3) is 0.625. The van der Waals surface area contributed by atoms with Gasteiger partial charge in [0.15, 0.2) is 0 Å². The fourth-order valence-corrected chi connectivity index (χ4v) is 2.50. The van der Waals surface area contributed by atoms with E-state index in [0.29, 0.717) is 6.10 Å². The number of likely N-dealkylation sites (N-methyl/N-ethyl adjacent to an activating group) is 1. The molecule has 1 heterocycles. The highest BCUT2D eigenvalue weighted by Gasteiger charge is 2.15. The highest BCUT2D eigenvalue weighted by Crippen LogP contribution is 2.18. The SMILES string of the molecule is CCNCc1ccc(N(C)CC2CCCCO2)cc1. The zero-order chi connectivity index (χ0) is 13.5. The molecule has 1 aromatic rings. The second kappa shape index (κ2) is 7.51. The van der Waals surface area contributed by atoms with Crippen molar-refractivity contribution in [2.24, 2.45) is 0 Å². The van der Waals surface area contributed by atoms with Crippen LogP contribution in [0.3, 0.4) is 0 Å². The minimum Gasteiger partial charge on any atom is -0.376 e. The maximum Gasteiger partial charge on any atom is 0.0749 e. The predicted molar refractivity (Wildman–Crippen MR) is 80.7 cm³/mol. The first-order valence-electron chi connectivity index (χ1n) is 7.42. The zero-order valence-corrected chi connectivity index (χ0v) is 12.2. The molecule has 19 heavy (non-hydrogen) atoms. The summed E-state index contributed by atoms with van der Waals surface area (Å²) in [5.41, 5.74) is 2.61. The fourth-order valence-electron chi connectivity index (χ4n) is 2.50. The molecule has 3 nitrogen and oxygen atoms in total. The first kappa shape index (κ1) is 14.4. The van der Waals surface area contributed by atoms with E-state index in [2.05, 4.69) is 48.5 Å². The van der Waals surface area contributed by atoms with E-state index >= 15 is 0 Å². The summed E-state index contributed by atoms with van der Waals surface area (Å²) in [6, 6.07) is 8.82. The molecule has 3 heteroatoms. The summed E-state index contributed by atoms with van der Waals surface area (Å²) in [6.07, 6.45) is 4.13. The van der Waals surface area contributed by atoms with Gasteiger partial charge in [0, 0.05) is 32.4 Å². The minimum atomic E-state index is 0.403. The van der Waals surface area contributed by atoms with E-state index in [0.717, 1.165) is 26.2 Å². The number of anilines is 1. The van der Waals surface area contributed by atoms with Gasteiger partial charge in [-0.15, -0.1) is 0 Å². The molecule has 0 aliphatic carbocycles. The van der Waals surface area contributed by atoms with Crippen LogP contribution in [0.4, 0.5) is 5.69 Å². The van der Waals surface area contributed by atoms with Crippen LogP contribution in [0.5, 0.6) is 0 Å². The summed E-state index contributed by atoms with van der Waals surface area (Å²) in [7, 11) is 2.15. The zero-order valence-electron chi connectivity index (χ0n) is 12.2. The lowest BCUT2D eigenvalue weighted by atomic mass is 10.1. The van der Waals surface area contributed by atoms with E-state index in [1.165, 1.54) is 30.5 Å². The molecule has 0 radical (unpaired) electrons. The summed E-state index contributed by atoms with van der Waals surface area (Å²) in [6.45, 7) is 6.02. The van der Waals surface area contributed by atoms with Gasteiger partial charge in [-0.3, -0.25) is 0 Å². The van der Waals surface area contributed by atoms with E-state index in [1.54, 1.807) is 0 Å². The summed E-state index contributed by atoms with van der Waals surface area (Å²) >= 11 is 0. The quantitative estimate of drug-likeness (QED) is 0.853. The van der Waals surface area contributed by atoms with Gasteiger partial charge in [-0.25, -0.2) is 0 Å². The molecule has 0 bridgehead atoms. The second-order valence-corrected chi connectivity index (χ2v) is 5.32. The van der Waals surface area contributed by atoms with Gasteiger partial charge in [0.05, 0.1) is 6.10 Å². The Morgan fingerprint density at radius 3 is 2.68 bits per heavy atom. The van der Waals surface area contributed by atoms with Crippen LogP contribution in [0, 0.1) is 0 Å². The Labute approximate surface area is 116 Å². The summed E-state index contributed by atoms with van der Waals surface area (Å²) in [5.74, 6) is 0. The topological polar surface area (TPSA) is 24.5 Å². The largest absolute Gasteiger partial charge is 0.376 e. The van der Waals surface area contributed by atoms with Gasteiger partial charge in [0.25, 0.3) is 0 Å². The van der Waals surface area contributed by atoms with Crippen molar-refractivity contribution < 1.29 is 4.74 Å². The van der Waals surface area contributed by atoms with Crippen molar-refractivity contribution in [1.82, 2.24) is 5.32 Å². The maximum absolute atomic E-state index is 5.80. The molecule has 1 aliphatic heterocycles. The van der Waals surface area contributed by atoms with Crippen molar-refractivity contribution in [2.75, 3.05) is 31.6 Å². The lowest BCUT2D eigenvalue weighted by Crippen LogP contribution is -2.33. The van der Waals surface area contributed by atoms with E-state index in [4.69, 9.17) is 4.74 Å². The first-order chi connectivity index (χ1) is 9.29. The second-order valence-electron chi connectivity index (χ2n) is 5.32. The Balaban J connectivity index is 1.85. The number of hydrogen-bond acceptors (Lipinski definition) is 3. The molecular formula is C16H26N2O. The molecule has 1 N–H and O–H groups in total. The smallest absolute Gasteiger partial charge is 0.0749 e. The summed E-state index contributed by atoms with van der Waals surface area (Å²) in [4.78, 5) is 2.30. The van der Waals surface area contributed by atoms with Crippen molar-refractivity contribution in [3.63, 3.8) is 0 Å². The standard InChI is InChI=1S/C16H26N2O/c1-3-17-12-14-7-9-15(10-8-14)18(2)13-16-6-4-5-11-19-16/h7-10,16-17H,3-6,11-13H2,1-2H3. The Bertz CT molecular complexity index is 358. The molecule has 1 saturated heterocycles. The molecule has 0 saturated carbocycles. The highest BCUT2D eigenvalue weighted by atomic mass is 16.5. The summed E-state index contributed by atoms with van der Waals surface area (Å²) < 4.78 is 5.80. The van der Waals surface area contributed by atoms with Crippen LogP contribution in [-0.2, 0) is 11.3 Å². The highest BCUT2D eigenvalue weighted by molar-refractivity contribution is 5.47. The molecule has 1 aromatic carbocycles. The Morgan fingerprint density at radius 2 is 2.05 bits per heavy atom. The van der Waals surface area contributed by atoms with Gasteiger partial charge >= 0.3 is 0 Å². The number of nitrogens with one attached hydrogen (secondary N) is 1. The summed E-state index contributed by atoms with van der Waals surface area (Å²) in [5, 5.41) is 3.35. The number of benzene rings is 1. The van der Waals surface area contributed by atoms with Crippen molar-refractivity contribution in [1.29, 1.82) is 0 Å². The number of ether oxygens (including phenoxy) is 1.